The summed E-state index contributed by atoms with van der Waals surface area (Å²) in [6, 6.07) is 0. The molecule has 0 fully saturated rings. The molecule has 62 valence electrons. The van der Waals surface area contributed by atoms with E-state index < -0.39 is 0 Å². The normalized spacial score (nSPS) is 11.4. The minimum absolute atomic E-state index is 0.647. The number of hydrogen-bond acceptors (Lipinski definition) is 1. The van der Waals surface area contributed by atoms with Crippen molar-refractivity contribution in [2.45, 2.75) is 32.6 Å². The summed E-state index contributed by atoms with van der Waals surface area (Å²) in [5, 5.41) is 0. The van der Waals surface area contributed by atoms with E-state index in [-0.39, 0.29) is 0 Å². The van der Waals surface area contributed by atoms with Gasteiger partial charge in [0.1, 0.15) is 6.29 Å². The van der Waals surface area contributed by atoms with Crippen LogP contribution in [0, 0.1) is 0 Å². The highest BCUT2D eigenvalue weighted by Gasteiger charge is 1.76. The lowest BCUT2D eigenvalue weighted by atomic mass is 10.2. The maximum atomic E-state index is 9.89. The molecule has 0 bridgehead atoms. The van der Waals surface area contributed by atoms with Gasteiger partial charge in [-0.1, -0.05) is 31.2 Å². The van der Waals surface area contributed by atoms with Crippen molar-refractivity contribution in [2.24, 2.45) is 0 Å². The van der Waals surface area contributed by atoms with E-state index in [0.29, 0.717) is 6.42 Å². The van der Waals surface area contributed by atoms with Crippen LogP contribution in [0.1, 0.15) is 32.6 Å². The van der Waals surface area contributed by atoms with E-state index in [4.69, 9.17) is 0 Å². The van der Waals surface area contributed by atoms with Crippen molar-refractivity contribution in [2.75, 3.05) is 0 Å². The predicted octanol–water partition coefficient (Wildman–Crippen LogP) is 2.88. The fourth-order valence-corrected chi connectivity index (χ4v) is 0.720. The zero-order valence-corrected chi connectivity index (χ0v) is 7.12. The fraction of sp³-hybridized carbons (Fsp3) is 0.500. The molecule has 0 aromatic heterocycles. The summed E-state index contributed by atoms with van der Waals surface area (Å²) in [6.45, 7) is 2.12. The van der Waals surface area contributed by atoms with E-state index in [0.717, 1.165) is 25.5 Å². The SMILES string of the molecule is CC/C=C/C/C=C\CCC=O. The number of unbranched alkanes of at least 4 members (excludes halogenated alkanes) is 1. The van der Waals surface area contributed by atoms with Gasteiger partial charge >= 0.3 is 0 Å². The highest BCUT2D eigenvalue weighted by Crippen LogP contribution is 1.92. The minimum atomic E-state index is 0.647. The van der Waals surface area contributed by atoms with Crippen LogP contribution in [0.25, 0.3) is 0 Å². The summed E-state index contributed by atoms with van der Waals surface area (Å²) < 4.78 is 0. The van der Waals surface area contributed by atoms with Gasteiger partial charge in [-0.3, -0.25) is 0 Å². The van der Waals surface area contributed by atoms with Gasteiger partial charge in [-0.15, -0.1) is 0 Å². The molecule has 11 heavy (non-hydrogen) atoms. The van der Waals surface area contributed by atoms with Crippen LogP contribution in [0.3, 0.4) is 0 Å². The number of rotatable bonds is 6. The Balaban J connectivity index is 3.15. The molecule has 1 nitrogen and oxygen atoms in total. The highest BCUT2D eigenvalue weighted by atomic mass is 16.1. The third-order valence-corrected chi connectivity index (χ3v) is 1.29. The summed E-state index contributed by atoms with van der Waals surface area (Å²) in [7, 11) is 0. The second-order valence-corrected chi connectivity index (χ2v) is 2.33. The number of carbonyl (C=O) groups is 1. The van der Waals surface area contributed by atoms with Crippen LogP contribution in [-0.4, -0.2) is 6.29 Å². The van der Waals surface area contributed by atoms with Gasteiger partial charge in [0.25, 0.3) is 0 Å². The first-order chi connectivity index (χ1) is 5.41. The molecular weight excluding hydrogens is 136 g/mol. The maximum absolute atomic E-state index is 9.89. The van der Waals surface area contributed by atoms with E-state index in [9.17, 15) is 4.79 Å². The molecule has 0 aliphatic carbocycles. The van der Waals surface area contributed by atoms with Crippen molar-refractivity contribution in [3.63, 3.8) is 0 Å². The lowest BCUT2D eigenvalue weighted by Gasteiger charge is -1.82. The Morgan fingerprint density at radius 1 is 1.00 bits per heavy atom. The Morgan fingerprint density at radius 2 is 1.73 bits per heavy atom. The molecule has 0 heterocycles. The van der Waals surface area contributed by atoms with Gasteiger partial charge in [-0.05, 0) is 19.3 Å². The molecule has 0 rings (SSSR count). The van der Waals surface area contributed by atoms with Gasteiger partial charge in [0.15, 0.2) is 0 Å². The van der Waals surface area contributed by atoms with Gasteiger partial charge in [0.2, 0.25) is 0 Å². The Hall–Kier alpha value is -0.850. The molecule has 0 amide bonds. The lowest BCUT2D eigenvalue weighted by Crippen LogP contribution is -1.69. The number of carbonyl (C=O) groups excluding carboxylic acids is 1. The molecule has 0 unspecified atom stereocenters. The lowest BCUT2D eigenvalue weighted by molar-refractivity contribution is -0.107. The quantitative estimate of drug-likeness (QED) is 0.325. The smallest absolute Gasteiger partial charge is 0.120 e. The second-order valence-electron chi connectivity index (χ2n) is 2.33. The van der Waals surface area contributed by atoms with Gasteiger partial charge in [-0.25, -0.2) is 0 Å². The van der Waals surface area contributed by atoms with Gasteiger partial charge in [0.05, 0.1) is 0 Å². The second kappa shape index (κ2) is 9.15. The van der Waals surface area contributed by atoms with Crippen LogP contribution in [0.15, 0.2) is 24.3 Å². The van der Waals surface area contributed by atoms with Crippen LogP contribution in [0.4, 0.5) is 0 Å². The predicted molar refractivity (Wildman–Crippen MR) is 48.5 cm³/mol. The van der Waals surface area contributed by atoms with Gasteiger partial charge in [0, 0.05) is 6.42 Å². The van der Waals surface area contributed by atoms with Crippen molar-refractivity contribution < 1.29 is 4.79 Å². The molecule has 0 saturated heterocycles. The van der Waals surface area contributed by atoms with Crippen molar-refractivity contribution in [3.8, 4) is 0 Å². The minimum Gasteiger partial charge on any atom is -0.303 e. The zero-order valence-electron chi connectivity index (χ0n) is 7.12. The standard InChI is InChI=1S/C10H16O/c1-2-3-4-5-6-7-8-9-10-11/h3-4,6-7,10H,2,5,8-9H2,1H3/b4-3+,7-6-. The Labute approximate surface area is 68.8 Å². The van der Waals surface area contributed by atoms with E-state index in [1.165, 1.54) is 0 Å². The summed E-state index contributed by atoms with van der Waals surface area (Å²) in [4.78, 5) is 9.89. The van der Waals surface area contributed by atoms with Crippen molar-refractivity contribution in [3.05, 3.63) is 24.3 Å². The first-order valence-electron chi connectivity index (χ1n) is 4.15. The summed E-state index contributed by atoms with van der Waals surface area (Å²) >= 11 is 0. The van der Waals surface area contributed by atoms with Crippen LogP contribution < -0.4 is 0 Å². The van der Waals surface area contributed by atoms with Gasteiger partial charge in [-0.2, -0.15) is 0 Å². The Morgan fingerprint density at radius 3 is 2.36 bits per heavy atom. The maximum Gasteiger partial charge on any atom is 0.120 e. The van der Waals surface area contributed by atoms with Crippen LogP contribution in [-0.2, 0) is 4.79 Å². The summed E-state index contributed by atoms with van der Waals surface area (Å²) in [6.07, 6.45) is 13.0. The van der Waals surface area contributed by atoms with Gasteiger partial charge < -0.3 is 4.79 Å². The highest BCUT2D eigenvalue weighted by molar-refractivity contribution is 5.49. The third-order valence-electron chi connectivity index (χ3n) is 1.29. The molecule has 0 saturated carbocycles. The van der Waals surface area contributed by atoms with E-state index in [1.54, 1.807) is 0 Å². The molecule has 0 radical (unpaired) electrons. The first kappa shape index (κ1) is 10.2. The van der Waals surface area contributed by atoms with E-state index >= 15 is 0 Å². The third kappa shape index (κ3) is 9.15. The average Bonchev–Trinajstić information content (AvgIpc) is 2.03. The van der Waals surface area contributed by atoms with Crippen molar-refractivity contribution in [1.29, 1.82) is 0 Å². The van der Waals surface area contributed by atoms with E-state index in [1.807, 2.05) is 0 Å². The summed E-state index contributed by atoms with van der Waals surface area (Å²) in [5.74, 6) is 0. The fourth-order valence-electron chi connectivity index (χ4n) is 0.720. The monoisotopic (exact) mass is 152 g/mol. The Bertz CT molecular complexity index is 134. The van der Waals surface area contributed by atoms with Crippen LogP contribution in [0.5, 0.6) is 0 Å². The number of allylic oxidation sites excluding steroid dienone is 4. The number of hydrogen-bond donors (Lipinski definition) is 0. The van der Waals surface area contributed by atoms with E-state index in [2.05, 4.69) is 31.2 Å². The molecular formula is C10H16O. The molecule has 0 spiro atoms. The summed E-state index contributed by atoms with van der Waals surface area (Å²) in [5.41, 5.74) is 0. The molecule has 0 atom stereocenters. The molecule has 1 heteroatoms. The number of aldehydes is 1. The molecule has 0 aliphatic heterocycles. The molecule has 0 aromatic rings. The molecule has 0 N–H and O–H groups in total. The zero-order chi connectivity index (χ0) is 8.36. The largest absolute Gasteiger partial charge is 0.303 e. The molecule has 0 aliphatic rings. The van der Waals surface area contributed by atoms with Crippen LogP contribution >= 0.6 is 0 Å². The Kier molecular flexibility index (Phi) is 8.44. The first-order valence-corrected chi connectivity index (χ1v) is 4.15. The van der Waals surface area contributed by atoms with Crippen LogP contribution in [0.2, 0.25) is 0 Å². The molecule has 0 aromatic carbocycles. The van der Waals surface area contributed by atoms with Crippen molar-refractivity contribution in [1.82, 2.24) is 0 Å². The average molecular weight is 152 g/mol. The topological polar surface area (TPSA) is 17.1 Å². The van der Waals surface area contributed by atoms with Crippen molar-refractivity contribution >= 4 is 6.29 Å².